The first kappa shape index (κ1) is 25.1. The molecule has 4 rings (SSSR count). The summed E-state index contributed by atoms with van der Waals surface area (Å²) in [5, 5.41) is 5.60. The highest BCUT2D eigenvalue weighted by Gasteiger charge is 2.28. The predicted molar refractivity (Wildman–Crippen MR) is 132 cm³/mol. The minimum Gasteiger partial charge on any atom is -0.384 e. The van der Waals surface area contributed by atoms with Crippen molar-refractivity contribution < 1.29 is 22.3 Å². The number of carbonyl (C=O) groups is 1. The summed E-state index contributed by atoms with van der Waals surface area (Å²) in [5.74, 6) is -0.701. The van der Waals surface area contributed by atoms with Crippen LogP contribution < -0.4 is 9.62 Å². The van der Waals surface area contributed by atoms with Crippen molar-refractivity contribution in [1.82, 2.24) is 19.5 Å². The average molecular weight is 504 g/mol. The summed E-state index contributed by atoms with van der Waals surface area (Å²) in [6.07, 6.45) is 2.77. The molecule has 11 heteroatoms. The highest BCUT2D eigenvalue weighted by atomic mass is 32.2. The largest absolute Gasteiger partial charge is 0.384 e. The quantitative estimate of drug-likeness (QED) is 0.528. The molecule has 3 aromatic rings. The molecule has 0 atom stereocenters. The number of sulfonamides is 1. The maximum absolute atomic E-state index is 13.6. The van der Waals surface area contributed by atoms with E-state index in [1.165, 1.54) is 12.1 Å². The van der Waals surface area contributed by atoms with Crippen molar-refractivity contribution in [3.8, 4) is 5.69 Å². The fraction of sp³-hybridized carbons (Fsp3) is 0.458. The van der Waals surface area contributed by atoms with Crippen molar-refractivity contribution in [3.63, 3.8) is 0 Å². The van der Waals surface area contributed by atoms with Gasteiger partial charge in [0.15, 0.2) is 5.65 Å². The molecule has 1 aliphatic rings. The molecule has 1 aliphatic heterocycles. The van der Waals surface area contributed by atoms with Gasteiger partial charge in [0.05, 0.1) is 28.7 Å². The first-order chi connectivity index (χ1) is 16.6. The van der Waals surface area contributed by atoms with Crippen LogP contribution in [-0.2, 0) is 14.8 Å². The van der Waals surface area contributed by atoms with Gasteiger partial charge in [-0.15, -0.1) is 0 Å². The van der Waals surface area contributed by atoms with Crippen molar-refractivity contribution in [2.45, 2.75) is 32.6 Å². The summed E-state index contributed by atoms with van der Waals surface area (Å²) < 4.78 is 46.0. The number of pyridine rings is 1. The number of amides is 1. The first-order valence-electron chi connectivity index (χ1n) is 11.5. The molecule has 35 heavy (non-hydrogen) atoms. The maximum Gasteiger partial charge on any atom is 0.283 e. The van der Waals surface area contributed by atoms with E-state index in [9.17, 15) is 17.6 Å². The van der Waals surface area contributed by atoms with Crippen molar-refractivity contribution >= 4 is 32.7 Å². The summed E-state index contributed by atoms with van der Waals surface area (Å²) in [7, 11) is -2.08. The topological polar surface area (TPSA) is 106 Å². The summed E-state index contributed by atoms with van der Waals surface area (Å²) >= 11 is 0. The Bertz CT molecular complexity index is 1330. The van der Waals surface area contributed by atoms with E-state index in [-0.39, 0.29) is 17.4 Å². The van der Waals surface area contributed by atoms with Crippen LogP contribution in [0.2, 0.25) is 0 Å². The second kappa shape index (κ2) is 9.90. The molecule has 0 saturated carbocycles. The highest BCUT2D eigenvalue weighted by molar-refractivity contribution is 7.89. The van der Waals surface area contributed by atoms with Gasteiger partial charge in [-0.1, -0.05) is 13.8 Å². The Hall–Kier alpha value is -3.05. The summed E-state index contributed by atoms with van der Waals surface area (Å²) in [5.41, 5.74) is 2.54. The first-order valence-corrected chi connectivity index (χ1v) is 13.4. The smallest absolute Gasteiger partial charge is 0.283 e. The van der Waals surface area contributed by atoms with E-state index in [0.717, 1.165) is 49.0 Å². The van der Waals surface area contributed by atoms with Crippen LogP contribution in [0, 0.1) is 11.7 Å². The lowest BCUT2D eigenvalue weighted by atomic mass is 9.96. The molecule has 0 aliphatic carbocycles. The molecular weight excluding hydrogens is 473 g/mol. The molecule has 1 amide bonds. The Morgan fingerprint density at radius 2 is 1.89 bits per heavy atom. The lowest BCUT2D eigenvalue weighted by Gasteiger charge is -2.34. The molecule has 3 heterocycles. The fourth-order valence-electron chi connectivity index (χ4n) is 4.45. The Morgan fingerprint density at radius 1 is 1.23 bits per heavy atom. The SMILES string of the molecule is COCC1CCN(c2cc(C(=O)NS(C)(=O)=O)nc3c2c(C(C)C)nn3-c2ccc(F)cc2)CC1. The van der Waals surface area contributed by atoms with Crippen LogP contribution in [0.1, 0.15) is 48.8 Å². The van der Waals surface area contributed by atoms with Crippen LogP contribution in [0.15, 0.2) is 30.3 Å². The Balaban J connectivity index is 1.91. The van der Waals surface area contributed by atoms with Crippen LogP contribution >= 0.6 is 0 Å². The van der Waals surface area contributed by atoms with E-state index in [2.05, 4.69) is 9.88 Å². The molecule has 1 aromatic carbocycles. The summed E-state index contributed by atoms with van der Waals surface area (Å²) in [4.78, 5) is 19.6. The minimum absolute atomic E-state index is 0.0319. The lowest BCUT2D eigenvalue weighted by molar-refractivity contribution is 0.0977. The molecule has 188 valence electrons. The van der Waals surface area contributed by atoms with Gasteiger partial charge in [0.25, 0.3) is 5.91 Å². The van der Waals surface area contributed by atoms with E-state index in [0.29, 0.717) is 23.9 Å². The molecule has 1 fully saturated rings. The maximum atomic E-state index is 13.6. The molecule has 0 spiro atoms. The molecule has 1 saturated heterocycles. The standard InChI is InChI=1S/C24H30FN5O4S/c1-15(2)22-21-20(29-11-9-16(10-12-29)14-34-3)13-19(24(31)28-35(4,32)33)26-23(21)30(27-22)18-7-5-17(25)6-8-18/h5-8,13,15-16H,9-12,14H2,1-4H3,(H,28,31). The second-order valence-electron chi connectivity index (χ2n) is 9.24. The zero-order valence-corrected chi connectivity index (χ0v) is 21.1. The van der Waals surface area contributed by atoms with E-state index < -0.39 is 15.9 Å². The predicted octanol–water partition coefficient (Wildman–Crippen LogP) is 3.24. The number of carbonyl (C=O) groups excluding carboxylic acids is 1. The number of halogens is 1. The van der Waals surface area contributed by atoms with Crippen LogP contribution in [0.3, 0.4) is 0 Å². The lowest BCUT2D eigenvalue weighted by Crippen LogP contribution is -2.36. The van der Waals surface area contributed by atoms with Gasteiger partial charge in [0.2, 0.25) is 10.0 Å². The van der Waals surface area contributed by atoms with E-state index in [1.807, 2.05) is 18.6 Å². The number of piperidine rings is 1. The zero-order chi connectivity index (χ0) is 25.3. The van der Waals surface area contributed by atoms with Gasteiger partial charge in [-0.05, 0) is 55.0 Å². The molecule has 0 bridgehead atoms. The second-order valence-corrected chi connectivity index (χ2v) is 11.0. The van der Waals surface area contributed by atoms with Crippen LogP contribution in [0.4, 0.5) is 10.1 Å². The fourth-order valence-corrected chi connectivity index (χ4v) is 4.89. The molecular formula is C24H30FN5O4S. The number of anilines is 1. The number of benzene rings is 1. The Labute approximate surface area is 204 Å². The van der Waals surface area contributed by atoms with Gasteiger partial charge >= 0.3 is 0 Å². The van der Waals surface area contributed by atoms with E-state index >= 15 is 0 Å². The van der Waals surface area contributed by atoms with Gasteiger partial charge in [-0.3, -0.25) is 4.79 Å². The van der Waals surface area contributed by atoms with Gasteiger partial charge in [0.1, 0.15) is 11.5 Å². The number of fused-ring (bicyclic) bond motifs is 1. The number of rotatable bonds is 7. The van der Waals surface area contributed by atoms with Crippen LogP contribution in [-0.4, -0.2) is 62.2 Å². The van der Waals surface area contributed by atoms with Crippen molar-refractivity contribution in [2.75, 3.05) is 38.0 Å². The number of hydrogen-bond acceptors (Lipinski definition) is 7. The summed E-state index contributed by atoms with van der Waals surface area (Å²) in [6, 6.07) is 7.49. The number of nitrogens with one attached hydrogen (secondary N) is 1. The number of ether oxygens (including phenoxy) is 1. The molecule has 0 unspecified atom stereocenters. The van der Waals surface area contributed by atoms with Gasteiger partial charge in [-0.25, -0.2) is 27.2 Å². The zero-order valence-electron chi connectivity index (χ0n) is 20.3. The molecule has 9 nitrogen and oxygen atoms in total. The van der Waals surface area contributed by atoms with Gasteiger partial charge in [0, 0.05) is 26.8 Å². The van der Waals surface area contributed by atoms with Crippen LogP contribution in [0.5, 0.6) is 0 Å². The Kier molecular flexibility index (Phi) is 7.09. The molecule has 2 aromatic heterocycles. The highest BCUT2D eigenvalue weighted by Crippen LogP contribution is 2.36. The van der Waals surface area contributed by atoms with Gasteiger partial charge < -0.3 is 9.64 Å². The van der Waals surface area contributed by atoms with Gasteiger partial charge in [-0.2, -0.15) is 5.10 Å². The van der Waals surface area contributed by atoms with Crippen molar-refractivity contribution in [3.05, 3.63) is 47.5 Å². The number of nitrogens with zero attached hydrogens (tertiary/aromatic N) is 4. The minimum atomic E-state index is -3.78. The monoisotopic (exact) mass is 503 g/mol. The molecule has 0 radical (unpaired) electrons. The average Bonchev–Trinajstić information content (AvgIpc) is 3.19. The van der Waals surface area contributed by atoms with E-state index in [4.69, 9.17) is 9.84 Å². The number of methoxy groups -OCH3 is 1. The van der Waals surface area contributed by atoms with Crippen molar-refractivity contribution in [2.24, 2.45) is 5.92 Å². The third-order valence-electron chi connectivity index (χ3n) is 6.13. The third kappa shape index (κ3) is 5.46. The summed E-state index contributed by atoms with van der Waals surface area (Å²) in [6.45, 7) is 6.24. The van der Waals surface area contributed by atoms with Crippen LogP contribution in [0.25, 0.3) is 16.7 Å². The Morgan fingerprint density at radius 3 is 2.46 bits per heavy atom. The number of aromatic nitrogens is 3. The molecule has 1 N–H and O–H groups in total. The normalized spacial score (nSPS) is 15.2. The number of hydrogen-bond donors (Lipinski definition) is 1. The third-order valence-corrected chi connectivity index (χ3v) is 6.69. The van der Waals surface area contributed by atoms with Crippen molar-refractivity contribution in [1.29, 1.82) is 0 Å². The van der Waals surface area contributed by atoms with E-state index in [1.54, 1.807) is 30.0 Å².